The van der Waals surface area contributed by atoms with Crippen molar-refractivity contribution in [1.82, 2.24) is 15.5 Å². The van der Waals surface area contributed by atoms with Gasteiger partial charge in [-0.3, -0.25) is 20.0 Å². The summed E-state index contributed by atoms with van der Waals surface area (Å²) in [6.07, 6.45) is 1.93. The molecule has 7 nitrogen and oxygen atoms in total. The predicted octanol–water partition coefficient (Wildman–Crippen LogP) is 2.64. The third kappa shape index (κ3) is 3.56. The van der Waals surface area contributed by atoms with Gasteiger partial charge in [0.2, 0.25) is 0 Å². The highest BCUT2D eigenvalue weighted by Gasteiger charge is 2.16. The molecule has 0 aliphatic rings. The summed E-state index contributed by atoms with van der Waals surface area (Å²) in [6, 6.07) is 4.29. The third-order valence-electron chi connectivity index (χ3n) is 3.22. The van der Waals surface area contributed by atoms with Crippen LogP contribution in [0.25, 0.3) is 10.9 Å². The van der Waals surface area contributed by atoms with Crippen molar-refractivity contribution in [3.05, 3.63) is 34.0 Å². The Hall–Kier alpha value is -2.44. The molecule has 2 N–H and O–H groups in total. The van der Waals surface area contributed by atoms with Gasteiger partial charge in [0, 0.05) is 24.1 Å². The second-order valence-electron chi connectivity index (χ2n) is 5.35. The van der Waals surface area contributed by atoms with E-state index in [4.69, 9.17) is 0 Å². The Balaban J connectivity index is 2.12. The van der Waals surface area contributed by atoms with Crippen LogP contribution < -0.4 is 5.32 Å². The zero-order chi connectivity index (χ0) is 15.4. The number of aromatic amines is 1. The van der Waals surface area contributed by atoms with E-state index in [-0.39, 0.29) is 17.3 Å². The summed E-state index contributed by atoms with van der Waals surface area (Å²) in [6.45, 7) is 4.82. The Morgan fingerprint density at radius 1 is 1.48 bits per heavy atom. The number of carbonyl (C=O) groups excluding carboxylic acids is 1. The topological polar surface area (TPSA) is 101 Å². The lowest BCUT2D eigenvalue weighted by Gasteiger charge is -2.05. The van der Waals surface area contributed by atoms with Crippen LogP contribution in [-0.4, -0.2) is 27.6 Å². The summed E-state index contributed by atoms with van der Waals surface area (Å²) in [7, 11) is 0. The van der Waals surface area contributed by atoms with Crippen LogP contribution in [0.5, 0.6) is 0 Å². The number of benzene rings is 1. The Morgan fingerprint density at radius 3 is 2.90 bits per heavy atom. The van der Waals surface area contributed by atoms with Crippen molar-refractivity contribution in [1.29, 1.82) is 0 Å². The average Bonchev–Trinajstić information content (AvgIpc) is 2.86. The van der Waals surface area contributed by atoms with Gasteiger partial charge < -0.3 is 5.32 Å². The predicted molar refractivity (Wildman–Crippen MR) is 79.2 cm³/mol. The van der Waals surface area contributed by atoms with Crippen molar-refractivity contribution >= 4 is 22.5 Å². The molecule has 2 rings (SSSR count). The van der Waals surface area contributed by atoms with Crippen molar-refractivity contribution in [3.8, 4) is 0 Å². The molecule has 0 bridgehead atoms. The van der Waals surface area contributed by atoms with Gasteiger partial charge in [0.15, 0.2) is 5.69 Å². The SMILES string of the molecule is CC(C)CCCNC(=O)c1n[nH]c2ccc([N+](=O)[O-])cc12. The highest BCUT2D eigenvalue weighted by Crippen LogP contribution is 2.22. The van der Waals surface area contributed by atoms with Crippen molar-refractivity contribution < 1.29 is 9.72 Å². The van der Waals surface area contributed by atoms with Gasteiger partial charge in [-0.25, -0.2) is 0 Å². The van der Waals surface area contributed by atoms with E-state index in [2.05, 4.69) is 29.4 Å². The lowest BCUT2D eigenvalue weighted by Crippen LogP contribution is -2.25. The second-order valence-corrected chi connectivity index (χ2v) is 5.35. The smallest absolute Gasteiger partial charge is 0.272 e. The van der Waals surface area contributed by atoms with Crippen LogP contribution in [0.15, 0.2) is 18.2 Å². The standard InChI is InChI=1S/C14H18N4O3/c1-9(2)4-3-7-15-14(19)13-11-8-10(18(20)21)5-6-12(11)16-17-13/h5-6,8-9H,3-4,7H2,1-2H3,(H,15,19)(H,16,17). The molecule has 0 spiro atoms. The molecule has 1 aromatic heterocycles. The number of H-pyrrole nitrogens is 1. The Morgan fingerprint density at radius 2 is 2.24 bits per heavy atom. The van der Waals surface area contributed by atoms with E-state index in [1.54, 1.807) is 6.07 Å². The number of fused-ring (bicyclic) bond motifs is 1. The van der Waals surface area contributed by atoms with Gasteiger partial charge in [0.25, 0.3) is 11.6 Å². The maximum atomic E-state index is 12.1. The van der Waals surface area contributed by atoms with Gasteiger partial charge in [0.05, 0.1) is 10.4 Å². The van der Waals surface area contributed by atoms with E-state index in [9.17, 15) is 14.9 Å². The number of nitro benzene ring substituents is 1. The fourth-order valence-electron chi connectivity index (χ4n) is 2.08. The number of non-ortho nitro benzene ring substituents is 1. The van der Waals surface area contributed by atoms with Crippen LogP contribution in [0.3, 0.4) is 0 Å². The van der Waals surface area contributed by atoms with Crippen molar-refractivity contribution in [2.75, 3.05) is 6.54 Å². The van der Waals surface area contributed by atoms with E-state index in [1.165, 1.54) is 12.1 Å². The van der Waals surface area contributed by atoms with E-state index in [1.807, 2.05) is 0 Å². The molecule has 0 aliphatic carbocycles. The zero-order valence-electron chi connectivity index (χ0n) is 12.0. The minimum absolute atomic E-state index is 0.0576. The first-order valence-corrected chi connectivity index (χ1v) is 6.89. The molecular weight excluding hydrogens is 272 g/mol. The maximum Gasteiger partial charge on any atom is 0.272 e. The van der Waals surface area contributed by atoms with Gasteiger partial charge in [-0.1, -0.05) is 13.8 Å². The lowest BCUT2D eigenvalue weighted by atomic mass is 10.1. The highest BCUT2D eigenvalue weighted by molar-refractivity contribution is 6.05. The molecule has 2 aromatic rings. The Kier molecular flexibility index (Phi) is 4.52. The molecule has 0 saturated heterocycles. The molecule has 7 heteroatoms. The molecule has 0 aliphatic heterocycles. The quantitative estimate of drug-likeness (QED) is 0.485. The van der Waals surface area contributed by atoms with Crippen LogP contribution in [0.4, 0.5) is 5.69 Å². The number of carbonyl (C=O) groups is 1. The van der Waals surface area contributed by atoms with E-state index in [0.717, 1.165) is 12.8 Å². The van der Waals surface area contributed by atoms with Gasteiger partial charge in [-0.2, -0.15) is 5.10 Å². The fourth-order valence-corrected chi connectivity index (χ4v) is 2.08. The van der Waals surface area contributed by atoms with E-state index >= 15 is 0 Å². The number of rotatable bonds is 6. The maximum absolute atomic E-state index is 12.1. The second kappa shape index (κ2) is 6.34. The molecule has 1 amide bonds. The van der Waals surface area contributed by atoms with Gasteiger partial charge in [-0.15, -0.1) is 0 Å². The molecule has 0 fully saturated rings. The first kappa shape index (κ1) is 15.0. The zero-order valence-corrected chi connectivity index (χ0v) is 12.0. The molecule has 21 heavy (non-hydrogen) atoms. The minimum Gasteiger partial charge on any atom is -0.351 e. The van der Waals surface area contributed by atoms with Gasteiger partial charge in [-0.05, 0) is 24.8 Å². The fraction of sp³-hybridized carbons (Fsp3) is 0.429. The van der Waals surface area contributed by atoms with E-state index in [0.29, 0.717) is 23.4 Å². The molecule has 0 atom stereocenters. The van der Waals surface area contributed by atoms with Crippen LogP contribution >= 0.6 is 0 Å². The summed E-state index contributed by atoms with van der Waals surface area (Å²) in [5, 5.41) is 20.7. The lowest BCUT2D eigenvalue weighted by molar-refractivity contribution is -0.384. The highest BCUT2D eigenvalue weighted by atomic mass is 16.6. The molecule has 112 valence electrons. The first-order chi connectivity index (χ1) is 9.99. The summed E-state index contributed by atoms with van der Waals surface area (Å²) >= 11 is 0. The molecular formula is C14H18N4O3. The largest absolute Gasteiger partial charge is 0.351 e. The number of nitrogens with zero attached hydrogens (tertiary/aromatic N) is 2. The number of hydrogen-bond acceptors (Lipinski definition) is 4. The Labute approximate surface area is 121 Å². The van der Waals surface area contributed by atoms with Crippen molar-refractivity contribution in [2.45, 2.75) is 26.7 Å². The molecule has 1 aromatic carbocycles. The van der Waals surface area contributed by atoms with E-state index < -0.39 is 4.92 Å². The molecule has 1 heterocycles. The van der Waals surface area contributed by atoms with Crippen molar-refractivity contribution in [2.24, 2.45) is 5.92 Å². The van der Waals surface area contributed by atoms with Crippen LogP contribution in [0.2, 0.25) is 0 Å². The first-order valence-electron chi connectivity index (χ1n) is 6.89. The number of aromatic nitrogens is 2. The van der Waals surface area contributed by atoms with Crippen molar-refractivity contribution in [3.63, 3.8) is 0 Å². The monoisotopic (exact) mass is 290 g/mol. The summed E-state index contributed by atoms with van der Waals surface area (Å²) in [5.41, 5.74) is 0.740. The van der Waals surface area contributed by atoms with Crippen LogP contribution in [-0.2, 0) is 0 Å². The van der Waals surface area contributed by atoms with Crippen LogP contribution in [0, 0.1) is 16.0 Å². The van der Waals surface area contributed by atoms with Crippen LogP contribution in [0.1, 0.15) is 37.2 Å². The summed E-state index contributed by atoms with van der Waals surface area (Å²) < 4.78 is 0. The van der Waals surface area contributed by atoms with Gasteiger partial charge >= 0.3 is 0 Å². The third-order valence-corrected chi connectivity index (χ3v) is 3.22. The number of nitrogens with one attached hydrogen (secondary N) is 2. The molecule has 0 unspecified atom stereocenters. The summed E-state index contributed by atoms with van der Waals surface area (Å²) in [4.78, 5) is 22.4. The number of hydrogen-bond donors (Lipinski definition) is 2. The normalized spacial score (nSPS) is 11.0. The average molecular weight is 290 g/mol. The number of amides is 1. The molecule has 0 saturated carbocycles. The minimum atomic E-state index is -0.489. The number of nitro groups is 1. The molecule has 0 radical (unpaired) electrons. The summed E-state index contributed by atoms with van der Waals surface area (Å²) in [5.74, 6) is 0.279. The Bertz CT molecular complexity index is 663. The van der Waals surface area contributed by atoms with Gasteiger partial charge in [0.1, 0.15) is 0 Å².